The van der Waals surface area contributed by atoms with Crippen LogP contribution in [0.3, 0.4) is 0 Å². The highest BCUT2D eigenvalue weighted by Gasteiger charge is 2.11. The Bertz CT molecular complexity index is 751. The van der Waals surface area contributed by atoms with Crippen molar-refractivity contribution in [2.45, 2.75) is 9.92 Å². The molecule has 0 radical (unpaired) electrons. The van der Waals surface area contributed by atoms with Crippen LogP contribution in [0, 0.1) is 0 Å². The van der Waals surface area contributed by atoms with E-state index in [0.717, 1.165) is 21.2 Å². The van der Waals surface area contributed by atoms with E-state index < -0.39 is 0 Å². The van der Waals surface area contributed by atoms with Gasteiger partial charge in [0.25, 0.3) is 0 Å². The molecule has 2 heterocycles. The maximum absolute atomic E-state index is 6.46. The quantitative estimate of drug-likeness (QED) is 0.710. The van der Waals surface area contributed by atoms with Crippen molar-refractivity contribution in [3.05, 3.63) is 59.4 Å². The van der Waals surface area contributed by atoms with Gasteiger partial charge in [-0.1, -0.05) is 47.1 Å². The molecule has 21 heavy (non-hydrogen) atoms. The zero-order chi connectivity index (χ0) is 14.7. The Morgan fingerprint density at radius 2 is 1.81 bits per heavy atom. The highest BCUT2D eigenvalue weighted by Crippen LogP contribution is 2.37. The lowest BCUT2D eigenvalue weighted by atomic mass is 10.1. The normalized spacial score (nSPS) is 10.6. The molecule has 0 atom stereocenters. The highest BCUT2D eigenvalue weighted by atomic mass is 35.5. The summed E-state index contributed by atoms with van der Waals surface area (Å²) in [7, 11) is 0. The van der Waals surface area contributed by atoms with Crippen molar-refractivity contribution in [3.8, 4) is 11.3 Å². The lowest BCUT2D eigenvalue weighted by Gasteiger charge is -2.08. The van der Waals surface area contributed by atoms with E-state index in [9.17, 15) is 0 Å². The molecule has 0 amide bonds. The number of nitrogens with zero attached hydrogens (tertiary/aromatic N) is 4. The summed E-state index contributed by atoms with van der Waals surface area (Å²) >= 11 is 13.6. The molecule has 3 aromatic rings. The highest BCUT2D eigenvalue weighted by molar-refractivity contribution is 7.99. The molecule has 2 aromatic heterocycles. The molecule has 0 N–H and O–H groups in total. The summed E-state index contributed by atoms with van der Waals surface area (Å²) in [6.07, 6.45) is 8.05. The average molecular weight is 335 g/mol. The fourth-order valence-electron chi connectivity index (χ4n) is 1.69. The van der Waals surface area contributed by atoms with Crippen molar-refractivity contribution in [1.82, 2.24) is 19.9 Å². The Morgan fingerprint density at radius 3 is 2.52 bits per heavy atom. The summed E-state index contributed by atoms with van der Waals surface area (Å²) in [5.41, 5.74) is 1.56. The van der Waals surface area contributed by atoms with Crippen molar-refractivity contribution in [1.29, 1.82) is 0 Å². The van der Waals surface area contributed by atoms with E-state index in [0.29, 0.717) is 10.2 Å². The van der Waals surface area contributed by atoms with E-state index in [1.165, 1.54) is 18.0 Å². The SMILES string of the molecule is Clc1cnc(Sc2cccc(-c3cnccn3)c2Cl)cn1. The molecule has 0 aliphatic rings. The van der Waals surface area contributed by atoms with E-state index >= 15 is 0 Å². The van der Waals surface area contributed by atoms with Crippen LogP contribution in [0.1, 0.15) is 0 Å². The first-order valence-electron chi connectivity index (χ1n) is 5.94. The lowest BCUT2D eigenvalue weighted by molar-refractivity contribution is 1.06. The van der Waals surface area contributed by atoms with Gasteiger partial charge in [0.15, 0.2) is 0 Å². The van der Waals surface area contributed by atoms with Crippen LogP contribution >= 0.6 is 35.0 Å². The maximum Gasteiger partial charge on any atom is 0.147 e. The summed E-state index contributed by atoms with van der Waals surface area (Å²) in [5, 5.41) is 1.69. The summed E-state index contributed by atoms with van der Waals surface area (Å²) in [5.74, 6) is 0. The van der Waals surface area contributed by atoms with Crippen LogP contribution in [-0.2, 0) is 0 Å². The third-order valence-electron chi connectivity index (χ3n) is 2.61. The Kier molecular flexibility index (Phi) is 4.34. The molecular formula is C14H8Cl2N4S. The van der Waals surface area contributed by atoms with Gasteiger partial charge >= 0.3 is 0 Å². The Labute approximate surface area is 135 Å². The summed E-state index contributed by atoms with van der Waals surface area (Å²) in [6.45, 7) is 0. The smallest absolute Gasteiger partial charge is 0.147 e. The predicted octanol–water partition coefficient (Wildman–Crippen LogP) is 4.39. The van der Waals surface area contributed by atoms with Gasteiger partial charge in [0.1, 0.15) is 10.2 Å². The molecule has 3 rings (SSSR count). The summed E-state index contributed by atoms with van der Waals surface area (Å²) in [6, 6.07) is 5.74. The number of rotatable bonds is 3. The maximum atomic E-state index is 6.46. The standard InChI is InChI=1S/C14H8Cl2N4S/c15-12-7-20-13(8-19-12)21-11-3-1-2-9(14(11)16)10-6-17-4-5-18-10/h1-8H. The van der Waals surface area contributed by atoms with Gasteiger partial charge in [-0.25, -0.2) is 9.97 Å². The van der Waals surface area contributed by atoms with Crippen LogP contribution in [0.25, 0.3) is 11.3 Å². The van der Waals surface area contributed by atoms with Gasteiger partial charge in [0, 0.05) is 22.9 Å². The fourth-order valence-corrected chi connectivity index (χ4v) is 2.91. The summed E-state index contributed by atoms with van der Waals surface area (Å²) < 4.78 is 0. The Balaban J connectivity index is 1.95. The molecule has 0 saturated heterocycles. The molecule has 0 unspecified atom stereocenters. The molecule has 0 aliphatic heterocycles. The molecule has 0 aliphatic carbocycles. The largest absolute Gasteiger partial charge is 0.261 e. The number of hydrogen-bond acceptors (Lipinski definition) is 5. The zero-order valence-corrected chi connectivity index (χ0v) is 12.9. The molecule has 0 bridgehead atoms. The Hall–Kier alpha value is -1.69. The number of halogens is 2. The molecule has 1 aromatic carbocycles. The van der Waals surface area contributed by atoms with Gasteiger partial charge in [0.2, 0.25) is 0 Å². The Morgan fingerprint density at radius 1 is 0.905 bits per heavy atom. The predicted molar refractivity (Wildman–Crippen MR) is 83.6 cm³/mol. The minimum absolute atomic E-state index is 0.360. The molecule has 104 valence electrons. The zero-order valence-electron chi connectivity index (χ0n) is 10.6. The second-order valence-corrected chi connectivity index (χ2v) is 5.82. The van der Waals surface area contributed by atoms with Crippen molar-refractivity contribution < 1.29 is 0 Å². The van der Waals surface area contributed by atoms with E-state index in [1.807, 2.05) is 18.2 Å². The molecule has 0 fully saturated rings. The van der Waals surface area contributed by atoms with Gasteiger partial charge in [-0.2, -0.15) is 0 Å². The van der Waals surface area contributed by atoms with Crippen molar-refractivity contribution in [3.63, 3.8) is 0 Å². The van der Waals surface area contributed by atoms with E-state index in [2.05, 4.69) is 19.9 Å². The van der Waals surface area contributed by atoms with Gasteiger partial charge in [-0.05, 0) is 6.07 Å². The van der Waals surface area contributed by atoms with Crippen molar-refractivity contribution in [2.24, 2.45) is 0 Å². The fraction of sp³-hybridized carbons (Fsp3) is 0. The molecule has 4 nitrogen and oxygen atoms in total. The third kappa shape index (κ3) is 3.32. The van der Waals surface area contributed by atoms with Crippen LogP contribution in [0.15, 0.2) is 59.1 Å². The van der Waals surface area contributed by atoms with E-state index in [-0.39, 0.29) is 0 Å². The number of hydrogen-bond donors (Lipinski definition) is 0. The minimum Gasteiger partial charge on any atom is -0.261 e. The van der Waals surface area contributed by atoms with Crippen LogP contribution < -0.4 is 0 Å². The minimum atomic E-state index is 0.360. The lowest BCUT2D eigenvalue weighted by Crippen LogP contribution is -1.88. The van der Waals surface area contributed by atoms with Gasteiger partial charge in [-0.15, -0.1) is 0 Å². The van der Waals surface area contributed by atoms with Gasteiger partial charge in [0.05, 0.1) is 29.3 Å². The second-order valence-electron chi connectivity index (χ2n) is 3.99. The molecule has 7 heteroatoms. The van der Waals surface area contributed by atoms with E-state index in [4.69, 9.17) is 23.2 Å². The summed E-state index contributed by atoms with van der Waals surface area (Å²) in [4.78, 5) is 17.4. The van der Waals surface area contributed by atoms with Crippen LogP contribution in [0.4, 0.5) is 0 Å². The first kappa shape index (κ1) is 14.3. The molecule has 0 spiro atoms. The first-order chi connectivity index (χ1) is 10.2. The van der Waals surface area contributed by atoms with Gasteiger partial charge in [-0.3, -0.25) is 9.97 Å². The second kappa shape index (κ2) is 6.39. The number of aromatic nitrogens is 4. The van der Waals surface area contributed by atoms with E-state index in [1.54, 1.807) is 24.8 Å². The van der Waals surface area contributed by atoms with Crippen LogP contribution in [0.5, 0.6) is 0 Å². The van der Waals surface area contributed by atoms with Crippen LogP contribution in [0.2, 0.25) is 10.2 Å². The average Bonchev–Trinajstić information content (AvgIpc) is 2.52. The third-order valence-corrected chi connectivity index (χ3v) is 4.31. The van der Waals surface area contributed by atoms with Gasteiger partial charge < -0.3 is 0 Å². The van der Waals surface area contributed by atoms with Crippen molar-refractivity contribution >= 4 is 35.0 Å². The molecular weight excluding hydrogens is 327 g/mol. The molecule has 0 saturated carbocycles. The number of benzene rings is 1. The van der Waals surface area contributed by atoms with Crippen LogP contribution in [-0.4, -0.2) is 19.9 Å². The topological polar surface area (TPSA) is 51.6 Å². The van der Waals surface area contributed by atoms with Crippen molar-refractivity contribution in [2.75, 3.05) is 0 Å². The first-order valence-corrected chi connectivity index (χ1v) is 7.51. The monoisotopic (exact) mass is 334 g/mol.